The third-order valence-electron chi connectivity index (χ3n) is 2.89. The van der Waals surface area contributed by atoms with Gasteiger partial charge in [-0.2, -0.15) is 0 Å². The highest BCUT2D eigenvalue weighted by Crippen LogP contribution is 2.16. The molecule has 0 fully saturated rings. The average molecular weight is 253 g/mol. The van der Waals surface area contributed by atoms with E-state index in [9.17, 15) is 4.21 Å². The summed E-state index contributed by atoms with van der Waals surface area (Å²) in [7, 11) is -0.670. The standard InChI is InChI=1S/C14H23NOS/c1-4-14(15-10-5-11-17(3)16)13-8-6-12(2)7-9-13/h6-9,14-15H,4-5,10-11H2,1-3H3. The van der Waals surface area contributed by atoms with Crippen LogP contribution in [0.25, 0.3) is 0 Å². The Labute approximate surface area is 107 Å². The number of aryl methyl sites for hydroxylation is 1. The summed E-state index contributed by atoms with van der Waals surface area (Å²) >= 11 is 0. The minimum absolute atomic E-state index is 0.417. The molecule has 0 heterocycles. The van der Waals surface area contributed by atoms with Gasteiger partial charge in [0.25, 0.3) is 0 Å². The number of hydrogen-bond donors (Lipinski definition) is 1. The van der Waals surface area contributed by atoms with E-state index < -0.39 is 10.8 Å². The summed E-state index contributed by atoms with van der Waals surface area (Å²) in [6.45, 7) is 5.23. The van der Waals surface area contributed by atoms with Crippen LogP contribution >= 0.6 is 0 Å². The zero-order chi connectivity index (χ0) is 12.7. The van der Waals surface area contributed by atoms with Crippen molar-refractivity contribution in [1.29, 1.82) is 0 Å². The molecule has 0 aromatic heterocycles. The second-order valence-corrected chi connectivity index (χ2v) is 6.01. The molecule has 0 spiro atoms. The second kappa shape index (κ2) is 7.62. The largest absolute Gasteiger partial charge is 0.310 e. The van der Waals surface area contributed by atoms with Crippen LogP contribution in [0.2, 0.25) is 0 Å². The number of rotatable bonds is 7. The molecule has 3 heteroatoms. The monoisotopic (exact) mass is 253 g/mol. The van der Waals surface area contributed by atoms with Crippen LogP contribution in [0.5, 0.6) is 0 Å². The van der Waals surface area contributed by atoms with Gasteiger partial charge in [0.05, 0.1) is 0 Å². The van der Waals surface area contributed by atoms with Crippen LogP contribution in [-0.2, 0) is 10.8 Å². The molecule has 17 heavy (non-hydrogen) atoms. The summed E-state index contributed by atoms with van der Waals surface area (Å²) in [6, 6.07) is 9.10. The van der Waals surface area contributed by atoms with Gasteiger partial charge in [-0.25, -0.2) is 0 Å². The van der Waals surface area contributed by atoms with E-state index in [1.807, 2.05) is 0 Å². The molecule has 96 valence electrons. The molecule has 1 rings (SSSR count). The Bertz CT molecular complexity index is 348. The molecule has 0 bridgehead atoms. The predicted molar refractivity (Wildman–Crippen MR) is 75.8 cm³/mol. The fourth-order valence-corrected chi connectivity index (χ4v) is 2.40. The van der Waals surface area contributed by atoms with E-state index in [1.54, 1.807) is 6.26 Å². The van der Waals surface area contributed by atoms with Gasteiger partial charge < -0.3 is 5.32 Å². The van der Waals surface area contributed by atoms with Crippen LogP contribution in [-0.4, -0.2) is 22.8 Å². The summed E-state index contributed by atoms with van der Waals surface area (Å²) in [5.74, 6) is 0.789. The van der Waals surface area contributed by atoms with Crippen molar-refractivity contribution in [3.63, 3.8) is 0 Å². The molecule has 0 aliphatic rings. The first-order valence-electron chi connectivity index (χ1n) is 6.23. The van der Waals surface area contributed by atoms with E-state index in [2.05, 4.69) is 43.4 Å². The summed E-state index contributed by atoms with van der Waals surface area (Å²) < 4.78 is 10.9. The van der Waals surface area contributed by atoms with Crippen molar-refractivity contribution in [3.8, 4) is 0 Å². The van der Waals surface area contributed by atoms with Crippen molar-refractivity contribution in [2.75, 3.05) is 18.6 Å². The van der Waals surface area contributed by atoms with Crippen molar-refractivity contribution in [2.24, 2.45) is 0 Å². The first-order chi connectivity index (χ1) is 8.13. The van der Waals surface area contributed by atoms with Crippen LogP contribution in [0, 0.1) is 6.92 Å². The van der Waals surface area contributed by atoms with Gasteiger partial charge in [-0.05, 0) is 31.9 Å². The summed E-state index contributed by atoms with van der Waals surface area (Å²) in [6.07, 6.45) is 3.82. The molecule has 2 nitrogen and oxygen atoms in total. The zero-order valence-corrected chi connectivity index (χ0v) is 11.8. The molecule has 0 saturated heterocycles. The lowest BCUT2D eigenvalue weighted by molar-refractivity contribution is 0.519. The molecule has 2 atom stereocenters. The Morgan fingerprint density at radius 3 is 2.47 bits per heavy atom. The number of benzene rings is 1. The molecule has 1 aromatic rings. The SMILES string of the molecule is CCC(NCCCS(C)=O)c1ccc(C)cc1. The predicted octanol–water partition coefficient (Wildman–Crippen LogP) is 2.80. The summed E-state index contributed by atoms with van der Waals surface area (Å²) in [5.41, 5.74) is 2.64. The lowest BCUT2D eigenvalue weighted by Crippen LogP contribution is -2.23. The Morgan fingerprint density at radius 2 is 1.94 bits per heavy atom. The fraction of sp³-hybridized carbons (Fsp3) is 0.571. The van der Waals surface area contributed by atoms with E-state index in [0.29, 0.717) is 6.04 Å². The quantitative estimate of drug-likeness (QED) is 0.757. The van der Waals surface area contributed by atoms with E-state index in [1.165, 1.54) is 11.1 Å². The molecule has 2 unspecified atom stereocenters. The van der Waals surface area contributed by atoms with Gasteiger partial charge in [-0.1, -0.05) is 36.8 Å². The van der Waals surface area contributed by atoms with Gasteiger partial charge in [0.1, 0.15) is 0 Å². The molecule has 1 aromatic carbocycles. The van der Waals surface area contributed by atoms with Gasteiger partial charge in [0, 0.05) is 28.9 Å². The van der Waals surface area contributed by atoms with Gasteiger partial charge in [0.2, 0.25) is 0 Å². The van der Waals surface area contributed by atoms with Gasteiger partial charge in [0.15, 0.2) is 0 Å². The molecular weight excluding hydrogens is 230 g/mol. The molecular formula is C14H23NOS. The highest BCUT2D eigenvalue weighted by Gasteiger charge is 2.07. The lowest BCUT2D eigenvalue weighted by Gasteiger charge is -2.17. The maximum Gasteiger partial charge on any atom is 0.0317 e. The number of hydrogen-bond acceptors (Lipinski definition) is 2. The maximum absolute atomic E-state index is 10.9. The number of nitrogens with one attached hydrogen (secondary N) is 1. The highest BCUT2D eigenvalue weighted by atomic mass is 32.2. The third-order valence-corrected chi connectivity index (χ3v) is 3.75. The van der Waals surface area contributed by atoms with E-state index in [4.69, 9.17) is 0 Å². The smallest absolute Gasteiger partial charge is 0.0317 e. The lowest BCUT2D eigenvalue weighted by atomic mass is 10.0. The van der Waals surface area contributed by atoms with Crippen LogP contribution in [0.1, 0.15) is 36.9 Å². The summed E-state index contributed by atoms with van der Waals surface area (Å²) in [4.78, 5) is 0. The normalized spacial score (nSPS) is 14.5. The van der Waals surface area contributed by atoms with Crippen molar-refractivity contribution in [2.45, 2.75) is 32.7 Å². The maximum atomic E-state index is 10.9. The Hall–Kier alpha value is -0.670. The van der Waals surface area contributed by atoms with Crippen molar-refractivity contribution in [3.05, 3.63) is 35.4 Å². The second-order valence-electron chi connectivity index (χ2n) is 4.46. The van der Waals surface area contributed by atoms with Crippen LogP contribution < -0.4 is 5.32 Å². The van der Waals surface area contributed by atoms with Crippen LogP contribution in [0.4, 0.5) is 0 Å². The average Bonchev–Trinajstić information content (AvgIpc) is 2.30. The Morgan fingerprint density at radius 1 is 1.29 bits per heavy atom. The van der Waals surface area contributed by atoms with E-state index in [0.717, 1.165) is 25.1 Å². The highest BCUT2D eigenvalue weighted by molar-refractivity contribution is 7.84. The summed E-state index contributed by atoms with van der Waals surface area (Å²) in [5, 5.41) is 3.53. The van der Waals surface area contributed by atoms with Crippen LogP contribution in [0.3, 0.4) is 0 Å². The molecule has 0 amide bonds. The first-order valence-corrected chi connectivity index (χ1v) is 7.96. The fourth-order valence-electron chi connectivity index (χ4n) is 1.85. The third kappa shape index (κ3) is 5.46. The van der Waals surface area contributed by atoms with Crippen molar-refractivity contribution in [1.82, 2.24) is 5.32 Å². The first kappa shape index (κ1) is 14.4. The molecule has 0 aliphatic heterocycles. The molecule has 0 aliphatic carbocycles. The van der Waals surface area contributed by atoms with Crippen molar-refractivity contribution < 1.29 is 4.21 Å². The molecule has 1 N–H and O–H groups in total. The van der Waals surface area contributed by atoms with E-state index in [-0.39, 0.29) is 0 Å². The minimum atomic E-state index is -0.670. The molecule has 0 saturated carbocycles. The van der Waals surface area contributed by atoms with E-state index >= 15 is 0 Å². The minimum Gasteiger partial charge on any atom is -0.310 e. The van der Waals surface area contributed by atoms with Gasteiger partial charge >= 0.3 is 0 Å². The van der Waals surface area contributed by atoms with Crippen LogP contribution in [0.15, 0.2) is 24.3 Å². The Kier molecular flexibility index (Phi) is 6.45. The van der Waals surface area contributed by atoms with Gasteiger partial charge in [-0.3, -0.25) is 4.21 Å². The topological polar surface area (TPSA) is 29.1 Å². The van der Waals surface area contributed by atoms with Gasteiger partial charge in [-0.15, -0.1) is 0 Å². The van der Waals surface area contributed by atoms with Crippen molar-refractivity contribution >= 4 is 10.8 Å². The molecule has 0 radical (unpaired) electrons. The zero-order valence-electron chi connectivity index (χ0n) is 11.0. The Balaban J connectivity index is 2.43.